The molecule has 46 heavy (non-hydrogen) atoms. The number of hydrogen-bond acceptors (Lipinski definition) is 9. The van der Waals surface area contributed by atoms with Crippen LogP contribution in [0.15, 0.2) is 24.3 Å². The van der Waals surface area contributed by atoms with Gasteiger partial charge in [-0.3, -0.25) is 19.2 Å². The summed E-state index contributed by atoms with van der Waals surface area (Å²) in [6, 6.07) is 5.39. The summed E-state index contributed by atoms with van der Waals surface area (Å²) >= 11 is 0. The van der Waals surface area contributed by atoms with E-state index < -0.39 is 29.9 Å². The van der Waals surface area contributed by atoms with Gasteiger partial charge in [-0.2, -0.15) is 0 Å². The number of nitrogens with zero attached hydrogens (tertiary/aromatic N) is 4. The van der Waals surface area contributed by atoms with Crippen molar-refractivity contribution in [2.45, 2.75) is 64.5 Å². The molecule has 1 aromatic carbocycles. The van der Waals surface area contributed by atoms with Gasteiger partial charge in [-0.1, -0.05) is 19.4 Å². The molecular formula is C32H43N5O9. The van der Waals surface area contributed by atoms with Crippen LogP contribution in [0.4, 0.5) is 4.79 Å². The minimum Gasteiger partial charge on any atom is -0.483 e. The topological polar surface area (TPSA) is 179 Å². The van der Waals surface area contributed by atoms with Crippen LogP contribution in [-0.2, 0) is 19.1 Å². The number of benzene rings is 1. The molecule has 2 saturated heterocycles. The van der Waals surface area contributed by atoms with E-state index in [4.69, 9.17) is 9.47 Å². The van der Waals surface area contributed by atoms with Crippen LogP contribution in [-0.4, -0.2) is 124 Å². The molecule has 2 fully saturated rings. The predicted octanol–water partition coefficient (Wildman–Crippen LogP) is 1.95. The Morgan fingerprint density at radius 3 is 2.50 bits per heavy atom. The number of carboxylic acids is 1. The maximum absolute atomic E-state index is 13.5. The van der Waals surface area contributed by atoms with Crippen LogP contribution in [0.3, 0.4) is 0 Å². The summed E-state index contributed by atoms with van der Waals surface area (Å²) in [6.45, 7) is 5.19. The number of aliphatic hydroxyl groups excluding tert-OH is 1. The Bertz CT molecular complexity index is 1430. The van der Waals surface area contributed by atoms with Crippen molar-refractivity contribution in [2.75, 3.05) is 52.5 Å². The number of piperazine rings is 1. The molecular weight excluding hydrogens is 598 g/mol. The normalized spacial score (nSPS) is 17.1. The number of carbonyl (C=O) groups is 5. The Morgan fingerprint density at radius 1 is 1.07 bits per heavy atom. The van der Waals surface area contributed by atoms with Gasteiger partial charge < -0.3 is 39.7 Å². The highest BCUT2D eigenvalue weighted by Crippen LogP contribution is 2.27. The van der Waals surface area contributed by atoms with E-state index in [0.717, 1.165) is 24.8 Å². The van der Waals surface area contributed by atoms with Crippen LogP contribution in [0.2, 0.25) is 0 Å². The van der Waals surface area contributed by atoms with Gasteiger partial charge in [0, 0.05) is 50.6 Å². The second-order valence-electron chi connectivity index (χ2n) is 11.6. The molecule has 14 nitrogen and oxygen atoms in total. The monoisotopic (exact) mass is 641 g/mol. The number of hydrogen-bond donors (Lipinski definition) is 3. The zero-order chi connectivity index (χ0) is 33.2. The van der Waals surface area contributed by atoms with Crippen molar-refractivity contribution < 1.29 is 43.7 Å². The second kappa shape index (κ2) is 16.2. The van der Waals surface area contributed by atoms with E-state index in [1.54, 1.807) is 17.0 Å². The first-order valence-corrected chi connectivity index (χ1v) is 15.8. The Hall–Kier alpha value is -4.46. The zero-order valence-electron chi connectivity index (χ0n) is 26.4. The number of amides is 4. The molecule has 1 aromatic heterocycles. The molecule has 0 aliphatic carbocycles. The lowest BCUT2D eigenvalue weighted by atomic mass is 10.1. The molecule has 0 radical (unpaired) electrons. The number of unbranched alkanes of at least 4 members (excludes halogenated alkanes) is 1. The summed E-state index contributed by atoms with van der Waals surface area (Å²) in [6.07, 6.45) is 2.22. The lowest BCUT2D eigenvalue weighted by Gasteiger charge is -2.36. The van der Waals surface area contributed by atoms with Crippen molar-refractivity contribution >= 4 is 40.7 Å². The van der Waals surface area contributed by atoms with Gasteiger partial charge in [0.05, 0.1) is 24.8 Å². The molecule has 4 rings (SSSR count). The summed E-state index contributed by atoms with van der Waals surface area (Å²) in [5.41, 5.74) is 1.26. The molecule has 14 heteroatoms. The number of aryl methyl sites for hydroxylation is 1. The molecule has 2 aliphatic rings. The first-order chi connectivity index (χ1) is 22.1. The standard InChI is InChI=1S/C32H43N5O9/c1-3-4-16-45-32(44)36-14-12-35(13-15-36)31(43)24(9-10-29(40)41)34-30(42)26-18-27(23-8-7-21(2)17-25(23)33-26)46-20-28(39)37-11-5-6-22(37)19-38/h7-8,17-18,22,24,38H,3-6,9-16,19-20H2,1-2H3,(H,34,42)(H,40,41). The molecule has 2 unspecified atom stereocenters. The molecule has 2 atom stereocenters. The highest BCUT2D eigenvalue weighted by atomic mass is 16.6. The van der Waals surface area contributed by atoms with Crippen LogP contribution < -0.4 is 10.1 Å². The van der Waals surface area contributed by atoms with Crippen LogP contribution >= 0.6 is 0 Å². The van der Waals surface area contributed by atoms with Gasteiger partial charge >= 0.3 is 12.1 Å². The summed E-state index contributed by atoms with van der Waals surface area (Å²) in [4.78, 5) is 72.8. The van der Waals surface area contributed by atoms with Crippen molar-refractivity contribution in [3.63, 3.8) is 0 Å². The van der Waals surface area contributed by atoms with Gasteiger partial charge in [0.25, 0.3) is 11.8 Å². The number of carbonyl (C=O) groups excluding carboxylic acids is 4. The zero-order valence-corrected chi connectivity index (χ0v) is 26.4. The van der Waals surface area contributed by atoms with Crippen LogP contribution in [0, 0.1) is 6.92 Å². The molecule has 4 amide bonds. The van der Waals surface area contributed by atoms with Crippen LogP contribution in [0.1, 0.15) is 61.5 Å². The summed E-state index contributed by atoms with van der Waals surface area (Å²) in [5.74, 6) is -2.32. The van der Waals surface area contributed by atoms with E-state index in [2.05, 4.69) is 10.3 Å². The van der Waals surface area contributed by atoms with Crippen molar-refractivity contribution in [1.29, 1.82) is 0 Å². The molecule has 250 valence electrons. The number of rotatable bonds is 13. The van der Waals surface area contributed by atoms with E-state index in [9.17, 15) is 34.2 Å². The van der Waals surface area contributed by atoms with Gasteiger partial charge in [-0.25, -0.2) is 9.78 Å². The maximum atomic E-state index is 13.5. The lowest BCUT2D eigenvalue weighted by Crippen LogP contribution is -2.56. The molecule has 2 aromatic rings. The van der Waals surface area contributed by atoms with Gasteiger partial charge in [0.2, 0.25) is 5.91 Å². The van der Waals surface area contributed by atoms with Gasteiger partial charge in [0.1, 0.15) is 17.5 Å². The third kappa shape index (κ3) is 8.83. The Labute approximate surface area is 267 Å². The minimum atomic E-state index is -1.15. The Morgan fingerprint density at radius 2 is 1.80 bits per heavy atom. The van der Waals surface area contributed by atoms with Gasteiger partial charge in [-0.15, -0.1) is 0 Å². The number of pyridine rings is 1. The van der Waals surface area contributed by atoms with E-state index in [-0.39, 0.29) is 75.6 Å². The van der Waals surface area contributed by atoms with Crippen molar-refractivity contribution in [1.82, 2.24) is 25.0 Å². The van der Waals surface area contributed by atoms with Crippen LogP contribution in [0.25, 0.3) is 10.9 Å². The average molecular weight is 642 g/mol. The van der Waals surface area contributed by atoms with E-state index in [1.807, 2.05) is 19.9 Å². The fourth-order valence-corrected chi connectivity index (χ4v) is 5.60. The summed E-state index contributed by atoms with van der Waals surface area (Å²) < 4.78 is 11.2. The molecule has 2 aliphatic heterocycles. The highest BCUT2D eigenvalue weighted by molar-refractivity contribution is 5.99. The van der Waals surface area contributed by atoms with Gasteiger partial charge in [-0.05, 0) is 50.3 Å². The quantitative estimate of drug-likeness (QED) is 0.274. The first kappa shape index (κ1) is 34.4. The molecule has 3 N–H and O–H groups in total. The fraction of sp³-hybridized carbons (Fsp3) is 0.562. The average Bonchev–Trinajstić information content (AvgIpc) is 3.54. The molecule has 0 bridgehead atoms. The largest absolute Gasteiger partial charge is 0.483 e. The van der Waals surface area contributed by atoms with E-state index >= 15 is 0 Å². The predicted molar refractivity (Wildman–Crippen MR) is 166 cm³/mol. The highest BCUT2D eigenvalue weighted by Gasteiger charge is 2.32. The number of likely N-dealkylation sites (tertiary alicyclic amines) is 1. The summed E-state index contributed by atoms with van der Waals surface area (Å²) in [5, 5.41) is 22.2. The maximum Gasteiger partial charge on any atom is 0.409 e. The summed E-state index contributed by atoms with van der Waals surface area (Å²) in [7, 11) is 0. The van der Waals surface area contributed by atoms with Crippen LogP contribution in [0.5, 0.6) is 5.75 Å². The Kier molecular flexibility index (Phi) is 12.1. The third-order valence-electron chi connectivity index (χ3n) is 8.24. The number of ether oxygens (including phenoxy) is 2. The molecule has 0 saturated carbocycles. The van der Waals surface area contributed by atoms with Crippen molar-refractivity contribution in [3.05, 3.63) is 35.5 Å². The van der Waals surface area contributed by atoms with Crippen molar-refractivity contribution in [3.8, 4) is 5.75 Å². The van der Waals surface area contributed by atoms with Crippen molar-refractivity contribution in [2.24, 2.45) is 0 Å². The van der Waals surface area contributed by atoms with E-state index in [0.29, 0.717) is 30.5 Å². The molecule has 0 spiro atoms. The van der Waals surface area contributed by atoms with Gasteiger partial charge in [0.15, 0.2) is 6.61 Å². The first-order valence-electron chi connectivity index (χ1n) is 15.8. The number of nitrogens with one attached hydrogen (secondary N) is 1. The SMILES string of the molecule is CCCCOC(=O)N1CCN(C(=O)C(CCC(=O)O)NC(=O)c2cc(OCC(=O)N3CCCC3CO)c3ccc(C)cc3n2)CC1. The number of carboxylic acid groups (broad SMARTS) is 1. The fourth-order valence-electron chi connectivity index (χ4n) is 5.60. The lowest BCUT2D eigenvalue weighted by molar-refractivity contribution is -0.138. The Balaban J connectivity index is 1.48. The number of aromatic nitrogens is 1. The number of aliphatic carboxylic acids is 1. The second-order valence-corrected chi connectivity index (χ2v) is 11.6. The third-order valence-corrected chi connectivity index (χ3v) is 8.24. The minimum absolute atomic E-state index is 0.0669. The number of aliphatic hydroxyl groups is 1. The smallest absolute Gasteiger partial charge is 0.409 e. The van der Waals surface area contributed by atoms with E-state index in [1.165, 1.54) is 15.9 Å². The molecule has 3 heterocycles. The number of fused-ring (bicyclic) bond motifs is 1.